The normalized spacial score (nSPS) is 15.0. The number of amides is 1. The highest BCUT2D eigenvalue weighted by Crippen LogP contribution is 2.31. The Kier molecular flexibility index (Phi) is 4.04. The van der Waals surface area contributed by atoms with Gasteiger partial charge >= 0.3 is 0 Å². The molecule has 1 aliphatic rings. The summed E-state index contributed by atoms with van der Waals surface area (Å²) < 4.78 is 1.98. The maximum absolute atomic E-state index is 12.7. The van der Waals surface area contributed by atoms with E-state index < -0.39 is 0 Å². The number of benzene rings is 1. The third-order valence-corrected chi connectivity index (χ3v) is 5.07. The van der Waals surface area contributed by atoms with E-state index in [1.54, 1.807) is 0 Å². The van der Waals surface area contributed by atoms with Crippen molar-refractivity contribution in [2.45, 2.75) is 39.5 Å². The lowest BCUT2D eigenvalue weighted by atomic mass is 10.1. The van der Waals surface area contributed by atoms with E-state index in [9.17, 15) is 4.79 Å². The van der Waals surface area contributed by atoms with E-state index in [4.69, 9.17) is 4.98 Å². The molecule has 0 atom stereocenters. The largest absolute Gasteiger partial charge is 0.310 e. The van der Waals surface area contributed by atoms with Crippen LogP contribution >= 0.6 is 0 Å². The molecular formula is C21H23N3O. The van der Waals surface area contributed by atoms with E-state index >= 15 is 0 Å². The number of aromatic nitrogens is 2. The summed E-state index contributed by atoms with van der Waals surface area (Å²) in [7, 11) is 0. The van der Waals surface area contributed by atoms with Crippen molar-refractivity contribution in [1.29, 1.82) is 0 Å². The minimum Gasteiger partial charge on any atom is -0.310 e. The lowest BCUT2D eigenvalue weighted by Crippen LogP contribution is -2.21. The molecule has 0 bridgehead atoms. The van der Waals surface area contributed by atoms with Gasteiger partial charge in [-0.25, -0.2) is 4.98 Å². The van der Waals surface area contributed by atoms with Gasteiger partial charge in [-0.3, -0.25) is 9.20 Å². The van der Waals surface area contributed by atoms with Gasteiger partial charge in [0.15, 0.2) is 0 Å². The Balaban J connectivity index is 1.80. The van der Waals surface area contributed by atoms with Gasteiger partial charge in [0.25, 0.3) is 0 Å². The predicted molar refractivity (Wildman–Crippen MR) is 101 cm³/mol. The number of nitrogens with one attached hydrogen (secondary N) is 1. The van der Waals surface area contributed by atoms with Crippen molar-refractivity contribution in [3.8, 4) is 11.3 Å². The number of imidazole rings is 1. The fourth-order valence-electron chi connectivity index (χ4n) is 3.59. The molecule has 1 fully saturated rings. The number of anilines is 1. The SMILES string of the molecule is Cc1ccc(-c2nc3cc(C)ccn3c2NC(=O)C2CCCC2)cc1. The minimum atomic E-state index is 0.119. The summed E-state index contributed by atoms with van der Waals surface area (Å²) in [4.78, 5) is 17.5. The van der Waals surface area contributed by atoms with Crippen LogP contribution in [0.2, 0.25) is 0 Å². The van der Waals surface area contributed by atoms with Crippen molar-refractivity contribution in [1.82, 2.24) is 9.38 Å². The molecule has 4 nitrogen and oxygen atoms in total. The van der Waals surface area contributed by atoms with E-state index in [1.807, 2.05) is 22.7 Å². The molecule has 0 spiro atoms. The van der Waals surface area contributed by atoms with Crippen LogP contribution in [-0.4, -0.2) is 15.3 Å². The Morgan fingerprint density at radius 2 is 1.80 bits per heavy atom. The number of rotatable bonds is 3. The maximum Gasteiger partial charge on any atom is 0.228 e. The fraction of sp³-hybridized carbons (Fsp3) is 0.333. The summed E-state index contributed by atoms with van der Waals surface area (Å²) in [6.07, 6.45) is 6.26. The third-order valence-electron chi connectivity index (χ3n) is 5.07. The summed E-state index contributed by atoms with van der Waals surface area (Å²) >= 11 is 0. The molecule has 0 radical (unpaired) electrons. The first-order valence-corrected chi connectivity index (χ1v) is 8.98. The Hall–Kier alpha value is -2.62. The molecule has 25 heavy (non-hydrogen) atoms. The van der Waals surface area contributed by atoms with Crippen molar-refractivity contribution in [3.63, 3.8) is 0 Å². The number of carbonyl (C=O) groups is 1. The minimum absolute atomic E-state index is 0.119. The molecule has 4 rings (SSSR count). The van der Waals surface area contributed by atoms with Gasteiger partial charge in [0.1, 0.15) is 17.2 Å². The number of fused-ring (bicyclic) bond motifs is 1. The van der Waals surface area contributed by atoms with Crippen LogP contribution in [0.1, 0.15) is 36.8 Å². The highest BCUT2D eigenvalue weighted by molar-refractivity contribution is 5.96. The van der Waals surface area contributed by atoms with Gasteiger partial charge in [0.05, 0.1) is 0 Å². The molecule has 2 aromatic heterocycles. The van der Waals surface area contributed by atoms with Crippen molar-refractivity contribution in [2.75, 3.05) is 5.32 Å². The summed E-state index contributed by atoms with van der Waals surface area (Å²) in [5.74, 6) is 1.02. The monoisotopic (exact) mass is 333 g/mol. The van der Waals surface area contributed by atoms with Crippen LogP contribution in [0, 0.1) is 19.8 Å². The first-order valence-electron chi connectivity index (χ1n) is 8.98. The molecule has 1 amide bonds. The Morgan fingerprint density at radius 1 is 1.08 bits per heavy atom. The number of carbonyl (C=O) groups excluding carboxylic acids is 1. The fourth-order valence-corrected chi connectivity index (χ4v) is 3.59. The summed E-state index contributed by atoms with van der Waals surface area (Å²) in [5, 5.41) is 3.17. The molecule has 1 aliphatic carbocycles. The molecule has 0 unspecified atom stereocenters. The standard InChI is InChI=1S/C21H23N3O/c1-14-7-9-16(10-8-14)19-20(23-21(25)17-5-3-4-6-17)24-12-11-15(2)13-18(24)22-19/h7-13,17H,3-6H2,1-2H3,(H,23,25). The van der Waals surface area contributed by atoms with Gasteiger partial charge in [-0.15, -0.1) is 0 Å². The number of nitrogens with zero attached hydrogens (tertiary/aromatic N) is 2. The summed E-state index contributed by atoms with van der Waals surface area (Å²) in [6.45, 7) is 4.12. The van der Waals surface area contributed by atoms with Crippen LogP contribution in [0.25, 0.3) is 16.9 Å². The zero-order valence-electron chi connectivity index (χ0n) is 14.7. The smallest absolute Gasteiger partial charge is 0.228 e. The summed E-state index contributed by atoms with van der Waals surface area (Å²) in [6, 6.07) is 12.4. The molecule has 1 N–H and O–H groups in total. The Labute approximate surface area is 147 Å². The Bertz CT molecular complexity index is 918. The van der Waals surface area contributed by atoms with Crippen LogP contribution in [0.15, 0.2) is 42.6 Å². The average molecular weight is 333 g/mol. The quantitative estimate of drug-likeness (QED) is 0.752. The van der Waals surface area contributed by atoms with Crippen LogP contribution in [0.5, 0.6) is 0 Å². The van der Waals surface area contributed by atoms with Crippen LogP contribution in [0.3, 0.4) is 0 Å². The molecule has 1 saturated carbocycles. The van der Waals surface area contributed by atoms with Crippen molar-refractivity contribution >= 4 is 17.4 Å². The van der Waals surface area contributed by atoms with Gasteiger partial charge in [-0.05, 0) is 44.4 Å². The van der Waals surface area contributed by atoms with Gasteiger partial charge in [-0.1, -0.05) is 42.7 Å². The van der Waals surface area contributed by atoms with E-state index in [1.165, 1.54) is 5.56 Å². The lowest BCUT2D eigenvalue weighted by Gasteiger charge is -2.12. The Morgan fingerprint density at radius 3 is 2.52 bits per heavy atom. The zero-order valence-corrected chi connectivity index (χ0v) is 14.7. The number of hydrogen-bond acceptors (Lipinski definition) is 2. The zero-order chi connectivity index (χ0) is 17.4. The van der Waals surface area contributed by atoms with Crippen molar-refractivity contribution in [3.05, 3.63) is 53.7 Å². The molecule has 128 valence electrons. The molecule has 0 saturated heterocycles. The topological polar surface area (TPSA) is 46.4 Å². The van der Waals surface area contributed by atoms with E-state index in [0.29, 0.717) is 0 Å². The third kappa shape index (κ3) is 3.04. The first kappa shape index (κ1) is 15.9. The van der Waals surface area contributed by atoms with Crippen molar-refractivity contribution in [2.24, 2.45) is 5.92 Å². The first-order chi connectivity index (χ1) is 12.1. The molecule has 1 aromatic carbocycles. The second-order valence-corrected chi connectivity index (χ2v) is 7.08. The maximum atomic E-state index is 12.7. The number of hydrogen-bond donors (Lipinski definition) is 1. The van der Waals surface area contributed by atoms with Gasteiger partial charge in [-0.2, -0.15) is 0 Å². The molecule has 0 aliphatic heterocycles. The lowest BCUT2D eigenvalue weighted by molar-refractivity contribution is -0.119. The molecule has 2 heterocycles. The number of pyridine rings is 1. The van der Waals surface area contributed by atoms with Crippen LogP contribution < -0.4 is 5.32 Å². The average Bonchev–Trinajstić information content (AvgIpc) is 3.24. The van der Waals surface area contributed by atoms with Gasteiger partial charge in [0.2, 0.25) is 5.91 Å². The van der Waals surface area contributed by atoms with E-state index in [2.05, 4.69) is 43.4 Å². The second-order valence-electron chi connectivity index (χ2n) is 7.08. The van der Waals surface area contributed by atoms with Gasteiger partial charge in [0, 0.05) is 17.7 Å². The van der Waals surface area contributed by atoms with Gasteiger partial charge < -0.3 is 5.32 Å². The summed E-state index contributed by atoms with van der Waals surface area (Å²) in [5.41, 5.74) is 5.07. The van der Waals surface area contributed by atoms with E-state index in [-0.39, 0.29) is 11.8 Å². The molecule has 3 aromatic rings. The highest BCUT2D eigenvalue weighted by atomic mass is 16.2. The van der Waals surface area contributed by atoms with E-state index in [0.717, 1.165) is 54.0 Å². The molecular weight excluding hydrogens is 310 g/mol. The van der Waals surface area contributed by atoms with Crippen LogP contribution in [0.4, 0.5) is 5.82 Å². The number of aryl methyl sites for hydroxylation is 2. The predicted octanol–water partition coefficient (Wildman–Crippen LogP) is 4.75. The van der Waals surface area contributed by atoms with Crippen LogP contribution in [-0.2, 0) is 4.79 Å². The van der Waals surface area contributed by atoms with Crippen molar-refractivity contribution < 1.29 is 4.79 Å². The molecule has 4 heteroatoms. The highest BCUT2D eigenvalue weighted by Gasteiger charge is 2.25. The second kappa shape index (κ2) is 6.36.